The summed E-state index contributed by atoms with van der Waals surface area (Å²) >= 11 is 0. The predicted molar refractivity (Wildman–Crippen MR) is 90.4 cm³/mol. The van der Waals surface area contributed by atoms with Gasteiger partial charge in [-0.1, -0.05) is 31.2 Å². The van der Waals surface area contributed by atoms with Gasteiger partial charge >= 0.3 is 0 Å². The van der Waals surface area contributed by atoms with Crippen LogP contribution in [0.1, 0.15) is 25.3 Å². The summed E-state index contributed by atoms with van der Waals surface area (Å²) in [5.74, 6) is 1.33. The first-order valence-corrected chi connectivity index (χ1v) is 8.64. The molecule has 120 valence electrons. The Balaban J connectivity index is 1.45. The Morgan fingerprint density at radius 2 is 1.83 bits per heavy atom. The standard InChI is InChI=1S/C19H23N3O/c1-2-14-3-5-15(6-4-14)17-7-8-19(21-20-17)23-18-13-22-11-9-16(18)10-12-22/h3-8,16,18H,2,9-13H2,1H3/t18-/m0/s1. The van der Waals surface area contributed by atoms with E-state index in [2.05, 4.69) is 46.3 Å². The monoisotopic (exact) mass is 309 g/mol. The minimum Gasteiger partial charge on any atom is -0.472 e. The Morgan fingerprint density at radius 1 is 1.04 bits per heavy atom. The fraction of sp³-hybridized carbons (Fsp3) is 0.474. The van der Waals surface area contributed by atoms with E-state index in [9.17, 15) is 0 Å². The van der Waals surface area contributed by atoms with E-state index in [1.54, 1.807) is 0 Å². The maximum atomic E-state index is 6.10. The van der Waals surface area contributed by atoms with Crippen molar-refractivity contribution in [3.8, 4) is 17.1 Å². The van der Waals surface area contributed by atoms with Gasteiger partial charge in [0.1, 0.15) is 6.10 Å². The van der Waals surface area contributed by atoms with E-state index < -0.39 is 0 Å². The van der Waals surface area contributed by atoms with Crippen LogP contribution in [0.2, 0.25) is 0 Å². The molecule has 3 aliphatic heterocycles. The smallest absolute Gasteiger partial charge is 0.233 e. The van der Waals surface area contributed by atoms with Gasteiger partial charge in [0.25, 0.3) is 0 Å². The molecule has 0 saturated carbocycles. The van der Waals surface area contributed by atoms with Crippen LogP contribution in [0.25, 0.3) is 11.3 Å². The molecular weight excluding hydrogens is 286 g/mol. The van der Waals surface area contributed by atoms with E-state index >= 15 is 0 Å². The fourth-order valence-corrected chi connectivity index (χ4v) is 3.65. The van der Waals surface area contributed by atoms with Gasteiger partial charge in [0, 0.05) is 18.2 Å². The van der Waals surface area contributed by atoms with Crippen LogP contribution < -0.4 is 4.74 Å². The quantitative estimate of drug-likeness (QED) is 0.869. The molecule has 4 heteroatoms. The molecule has 2 aromatic rings. The van der Waals surface area contributed by atoms with Crippen molar-refractivity contribution in [2.45, 2.75) is 32.3 Å². The van der Waals surface area contributed by atoms with Crippen molar-refractivity contribution in [2.24, 2.45) is 5.92 Å². The highest BCUT2D eigenvalue weighted by Gasteiger charge is 2.35. The topological polar surface area (TPSA) is 38.2 Å². The van der Waals surface area contributed by atoms with Crippen molar-refractivity contribution in [1.29, 1.82) is 0 Å². The highest BCUT2D eigenvalue weighted by Crippen LogP contribution is 2.30. The number of piperidine rings is 3. The summed E-state index contributed by atoms with van der Waals surface area (Å²) < 4.78 is 6.10. The number of aromatic nitrogens is 2. The van der Waals surface area contributed by atoms with Gasteiger partial charge in [0.15, 0.2) is 0 Å². The lowest BCUT2D eigenvalue weighted by molar-refractivity contribution is -0.0103. The SMILES string of the molecule is CCc1ccc(-c2ccc(O[C@H]3CN4CCC3CC4)nn2)cc1. The van der Waals surface area contributed by atoms with Gasteiger partial charge in [-0.2, -0.15) is 0 Å². The summed E-state index contributed by atoms with van der Waals surface area (Å²) in [7, 11) is 0. The fourth-order valence-electron chi connectivity index (χ4n) is 3.65. The second-order valence-corrected chi connectivity index (χ2v) is 6.60. The third-order valence-corrected chi connectivity index (χ3v) is 5.17. The number of ether oxygens (including phenoxy) is 1. The summed E-state index contributed by atoms with van der Waals surface area (Å²) in [6.07, 6.45) is 3.83. The third kappa shape index (κ3) is 3.08. The van der Waals surface area contributed by atoms with Crippen LogP contribution in [0.5, 0.6) is 5.88 Å². The number of benzene rings is 1. The van der Waals surface area contributed by atoms with Crippen molar-refractivity contribution < 1.29 is 4.74 Å². The van der Waals surface area contributed by atoms with Crippen LogP contribution in [0.3, 0.4) is 0 Å². The van der Waals surface area contributed by atoms with Gasteiger partial charge < -0.3 is 4.74 Å². The Bertz CT molecular complexity index is 645. The normalized spacial score (nSPS) is 26.2. The van der Waals surface area contributed by atoms with E-state index in [1.807, 2.05) is 12.1 Å². The van der Waals surface area contributed by atoms with Crippen LogP contribution in [-0.2, 0) is 6.42 Å². The largest absolute Gasteiger partial charge is 0.472 e. The Morgan fingerprint density at radius 3 is 2.39 bits per heavy atom. The molecule has 1 atom stereocenters. The number of nitrogens with zero attached hydrogens (tertiary/aromatic N) is 3. The van der Waals surface area contributed by atoms with E-state index in [1.165, 1.54) is 31.5 Å². The molecule has 1 aromatic carbocycles. The van der Waals surface area contributed by atoms with Gasteiger partial charge in [0.05, 0.1) is 5.69 Å². The van der Waals surface area contributed by atoms with Gasteiger partial charge in [-0.05, 0) is 49.9 Å². The minimum absolute atomic E-state index is 0.279. The van der Waals surface area contributed by atoms with Gasteiger partial charge in [-0.15, -0.1) is 10.2 Å². The predicted octanol–water partition coefficient (Wildman–Crippen LogP) is 3.18. The second kappa shape index (κ2) is 6.28. The maximum Gasteiger partial charge on any atom is 0.233 e. The van der Waals surface area contributed by atoms with Gasteiger partial charge in [0.2, 0.25) is 5.88 Å². The molecule has 4 nitrogen and oxygen atoms in total. The van der Waals surface area contributed by atoms with Crippen molar-refractivity contribution >= 4 is 0 Å². The van der Waals surface area contributed by atoms with Crippen LogP contribution in [0, 0.1) is 5.92 Å². The number of hydrogen-bond donors (Lipinski definition) is 0. The van der Waals surface area contributed by atoms with Crippen LogP contribution in [0.15, 0.2) is 36.4 Å². The molecule has 0 aliphatic carbocycles. The molecule has 3 saturated heterocycles. The molecule has 0 N–H and O–H groups in total. The Hall–Kier alpha value is -1.94. The van der Waals surface area contributed by atoms with E-state index in [4.69, 9.17) is 4.74 Å². The highest BCUT2D eigenvalue weighted by atomic mass is 16.5. The lowest BCUT2D eigenvalue weighted by atomic mass is 9.86. The molecule has 3 fully saturated rings. The molecule has 0 unspecified atom stereocenters. The zero-order valence-electron chi connectivity index (χ0n) is 13.6. The lowest BCUT2D eigenvalue weighted by Gasteiger charge is -2.44. The van der Waals surface area contributed by atoms with Crippen LogP contribution in [0.4, 0.5) is 0 Å². The molecule has 0 radical (unpaired) electrons. The average Bonchev–Trinajstić information content (AvgIpc) is 2.63. The molecule has 0 spiro atoms. The van der Waals surface area contributed by atoms with Gasteiger partial charge in [-0.25, -0.2) is 0 Å². The highest BCUT2D eigenvalue weighted by molar-refractivity contribution is 5.58. The Labute approximate surface area is 137 Å². The van der Waals surface area contributed by atoms with Crippen molar-refractivity contribution in [1.82, 2.24) is 15.1 Å². The second-order valence-electron chi connectivity index (χ2n) is 6.60. The zero-order valence-corrected chi connectivity index (χ0v) is 13.6. The van der Waals surface area contributed by atoms with Crippen molar-refractivity contribution in [3.63, 3.8) is 0 Å². The zero-order chi connectivity index (χ0) is 15.6. The summed E-state index contributed by atoms with van der Waals surface area (Å²) in [5, 5.41) is 8.63. The first kappa shape index (κ1) is 14.6. The first-order valence-electron chi connectivity index (χ1n) is 8.64. The minimum atomic E-state index is 0.279. The molecule has 0 amide bonds. The van der Waals surface area contributed by atoms with E-state index in [0.717, 1.165) is 24.2 Å². The summed E-state index contributed by atoms with van der Waals surface area (Å²) in [4.78, 5) is 2.49. The maximum absolute atomic E-state index is 6.10. The summed E-state index contributed by atoms with van der Waals surface area (Å²) in [6, 6.07) is 12.5. The molecule has 23 heavy (non-hydrogen) atoms. The lowest BCUT2D eigenvalue weighted by Crippen LogP contribution is -2.52. The molecule has 4 heterocycles. The van der Waals surface area contributed by atoms with E-state index in [-0.39, 0.29) is 6.10 Å². The van der Waals surface area contributed by atoms with Gasteiger partial charge in [-0.3, -0.25) is 4.90 Å². The van der Waals surface area contributed by atoms with Crippen LogP contribution in [-0.4, -0.2) is 40.8 Å². The molecule has 1 aromatic heterocycles. The van der Waals surface area contributed by atoms with Crippen LogP contribution >= 0.6 is 0 Å². The number of rotatable bonds is 4. The van der Waals surface area contributed by atoms with E-state index in [0.29, 0.717) is 11.8 Å². The first-order chi connectivity index (χ1) is 11.3. The average molecular weight is 309 g/mol. The van der Waals surface area contributed by atoms with Crippen molar-refractivity contribution in [3.05, 3.63) is 42.0 Å². The molecule has 3 aliphatic rings. The number of aryl methyl sites for hydroxylation is 1. The molecular formula is C19H23N3O. The molecule has 5 rings (SSSR count). The molecule has 2 bridgehead atoms. The summed E-state index contributed by atoms with van der Waals surface area (Å²) in [5.41, 5.74) is 3.34. The summed E-state index contributed by atoms with van der Waals surface area (Å²) in [6.45, 7) is 5.65. The Kier molecular flexibility index (Phi) is 4.00. The van der Waals surface area contributed by atoms with Crippen molar-refractivity contribution in [2.75, 3.05) is 19.6 Å². The number of fused-ring (bicyclic) bond motifs is 3. The number of hydrogen-bond acceptors (Lipinski definition) is 4. The third-order valence-electron chi connectivity index (χ3n) is 5.17.